The lowest BCUT2D eigenvalue weighted by molar-refractivity contribution is -0.115. The molecule has 28 heavy (non-hydrogen) atoms. The molecular formula is C21H15ClN2O2S2. The molecule has 0 unspecified atom stereocenters. The summed E-state index contributed by atoms with van der Waals surface area (Å²) in [5.41, 5.74) is 1.93. The van der Waals surface area contributed by atoms with Crippen LogP contribution in [0.1, 0.15) is 11.3 Å². The Bertz CT molecular complexity index is 1090. The molecule has 1 N–H and O–H groups in total. The number of amidine groups is 1. The van der Waals surface area contributed by atoms with Crippen LogP contribution < -0.4 is 5.32 Å². The summed E-state index contributed by atoms with van der Waals surface area (Å²) in [7, 11) is 0. The van der Waals surface area contributed by atoms with Gasteiger partial charge in [-0.25, -0.2) is 4.99 Å². The van der Waals surface area contributed by atoms with Crippen molar-refractivity contribution in [1.29, 1.82) is 0 Å². The van der Waals surface area contributed by atoms with Gasteiger partial charge in [0.15, 0.2) is 10.3 Å². The molecule has 1 aromatic heterocycles. The molecule has 140 valence electrons. The summed E-state index contributed by atoms with van der Waals surface area (Å²) >= 11 is 8.70. The number of aliphatic imine (C=N–C) groups is 1. The Morgan fingerprint density at radius 1 is 1.14 bits per heavy atom. The molecule has 1 amide bonds. The number of carbonyl (C=O) groups is 1. The molecule has 1 saturated heterocycles. The maximum Gasteiger partial charge on any atom is 0.264 e. The molecule has 0 aliphatic carbocycles. The number of halogens is 1. The third kappa shape index (κ3) is 4.70. The van der Waals surface area contributed by atoms with Gasteiger partial charge in [-0.15, -0.1) is 0 Å². The number of furan rings is 1. The van der Waals surface area contributed by atoms with Gasteiger partial charge < -0.3 is 9.73 Å². The lowest BCUT2D eigenvalue weighted by Gasteiger charge is -1.97. The van der Waals surface area contributed by atoms with Gasteiger partial charge in [-0.3, -0.25) is 4.79 Å². The molecule has 3 aromatic rings. The van der Waals surface area contributed by atoms with Gasteiger partial charge in [0, 0.05) is 16.0 Å². The Balaban J connectivity index is 1.48. The van der Waals surface area contributed by atoms with Crippen molar-refractivity contribution in [2.24, 2.45) is 4.99 Å². The summed E-state index contributed by atoms with van der Waals surface area (Å²) in [4.78, 5) is 18.3. The third-order valence-electron chi connectivity index (χ3n) is 3.79. The number of benzene rings is 2. The minimum absolute atomic E-state index is 0.181. The molecule has 0 atom stereocenters. The maximum atomic E-state index is 12.2. The van der Waals surface area contributed by atoms with E-state index in [1.165, 1.54) is 23.5 Å². The quantitative estimate of drug-likeness (QED) is 0.498. The number of hydrogen-bond acceptors (Lipinski definition) is 5. The van der Waals surface area contributed by atoms with E-state index in [0.29, 0.717) is 20.9 Å². The smallest absolute Gasteiger partial charge is 0.264 e. The topological polar surface area (TPSA) is 54.6 Å². The van der Waals surface area contributed by atoms with Crippen LogP contribution in [0.25, 0.3) is 6.08 Å². The third-order valence-corrected chi connectivity index (χ3v) is 5.88. The molecule has 4 nitrogen and oxygen atoms in total. The lowest BCUT2D eigenvalue weighted by atomic mass is 10.2. The van der Waals surface area contributed by atoms with E-state index in [1.807, 2.05) is 67.6 Å². The highest BCUT2D eigenvalue weighted by atomic mass is 35.5. The van der Waals surface area contributed by atoms with E-state index >= 15 is 0 Å². The van der Waals surface area contributed by atoms with Crippen LogP contribution in [0.3, 0.4) is 0 Å². The van der Waals surface area contributed by atoms with Crippen LogP contribution in [-0.4, -0.2) is 11.1 Å². The Morgan fingerprint density at radius 3 is 2.75 bits per heavy atom. The molecule has 0 spiro atoms. The van der Waals surface area contributed by atoms with Gasteiger partial charge >= 0.3 is 0 Å². The van der Waals surface area contributed by atoms with Crippen LogP contribution in [0.5, 0.6) is 0 Å². The number of aryl methyl sites for hydroxylation is 1. The van der Waals surface area contributed by atoms with Crippen molar-refractivity contribution >= 4 is 58.0 Å². The van der Waals surface area contributed by atoms with E-state index in [4.69, 9.17) is 16.0 Å². The Hall–Kier alpha value is -2.41. The molecule has 0 saturated carbocycles. The largest absolute Gasteiger partial charge is 0.450 e. The monoisotopic (exact) mass is 426 g/mol. The van der Waals surface area contributed by atoms with Gasteiger partial charge in [-0.1, -0.05) is 35.5 Å². The number of thioether (sulfide) groups is 1. The van der Waals surface area contributed by atoms with Gasteiger partial charge in [-0.05, 0) is 72.8 Å². The first-order valence-corrected chi connectivity index (χ1v) is 10.5. The first-order chi connectivity index (χ1) is 13.5. The molecule has 2 aromatic carbocycles. The first-order valence-electron chi connectivity index (χ1n) is 8.45. The van der Waals surface area contributed by atoms with Crippen molar-refractivity contribution in [3.05, 3.63) is 81.9 Å². The molecule has 1 fully saturated rings. The minimum Gasteiger partial charge on any atom is -0.450 e. The average Bonchev–Trinajstić information content (AvgIpc) is 3.24. The van der Waals surface area contributed by atoms with Gasteiger partial charge in [0.2, 0.25) is 0 Å². The Morgan fingerprint density at radius 2 is 1.96 bits per heavy atom. The molecule has 0 bridgehead atoms. The second-order valence-electron chi connectivity index (χ2n) is 6.03. The van der Waals surface area contributed by atoms with E-state index < -0.39 is 0 Å². The standard InChI is InChI=1S/C21H15ClN2O2S2/c1-13-3-2-4-15(11-13)23-21-24-20(25)18(28-21)12-16-7-10-19(26-16)27-17-8-5-14(22)6-9-17/h2-12H,1H3,(H,23,24,25)/b18-12-. The zero-order valence-corrected chi connectivity index (χ0v) is 17.2. The van der Waals surface area contributed by atoms with Crippen LogP contribution in [0.2, 0.25) is 5.02 Å². The fourth-order valence-electron chi connectivity index (χ4n) is 2.51. The van der Waals surface area contributed by atoms with Gasteiger partial charge in [0.05, 0.1) is 10.6 Å². The van der Waals surface area contributed by atoms with Crippen molar-refractivity contribution in [3.63, 3.8) is 0 Å². The number of rotatable bonds is 4. The van der Waals surface area contributed by atoms with Crippen LogP contribution in [0.4, 0.5) is 5.69 Å². The molecule has 1 aliphatic heterocycles. The Labute approximate surface area is 176 Å². The number of hydrogen-bond donors (Lipinski definition) is 1. The minimum atomic E-state index is -0.181. The summed E-state index contributed by atoms with van der Waals surface area (Å²) in [6, 6.07) is 19.1. The van der Waals surface area contributed by atoms with Gasteiger partial charge in [0.25, 0.3) is 5.91 Å². The molecule has 2 heterocycles. The fourth-order valence-corrected chi connectivity index (χ4v) is 4.24. The second kappa shape index (κ2) is 8.31. The van der Waals surface area contributed by atoms with Crippen molar-refractivity contribution < 1.29 is 9.21 Å². The predicted octanol–water partition coefficient (Wildman–Crippen LogP) is 6.28. The number of carbonyl (C=O) groups excluding carboxylic acids is 1. The average molecular weight is 427 g/mol. The first kappa shape index (κ1) is 18.9. The summed E-state index contributed by atoms with van der Waals surface area (Å²) in [5.74, 6) is 0.436. The van der Waals surface area contributed by atoms with Crippen LogP contribution in [0, 0.1) is 6.92 Å². The Kier molecular flexibility index (Phi) is 5.62. The summed E-state index contributed by atoms with van der Waals surface area (Å²) in [6.45, 7) is 2.01. The zero-order valence-electron chi connectivity index (χ0n) is 14.8. The van der Waals surface area contributed by atoms with Crippen LogP contribution in [0.15, 0.2) is 85.0 Å². The SMILES string of the molecule is Cc1cccc(N=C2NC(=O)/C(=C/c3ccc(Sc4ccc(Cl)cc4)o3)S2)c1. The van der Waals surface area contributed by atoms with Crippen molar-refractivity contribution in [2.75, 3.05) is 0 Å². The molecule has 4 rings (SSSR count). The molecule has 1 aliphatic rings. The van der Waals surface area contributed by atoms with E-state index in [1.54, 1.807) is 6.08 Å². The highest BCUT2D eigenvalue weighted by molar-refractivity contribution is 8.18. The zero-order chi connectivity index (χ0) is 19.5. The van der Waals surface area contributed by atoms with E-state index in [-0.39, 0.29) is 5.91 Å². The lowest BCUT2D eigenvalue weighted by Crippen LogP contribution is -2.19. The molecule has 7 heteroatoms. The van der Waals surface area contributed by atoms with Crippen LogP contribution in [-0.2, 0) is 4.79 Å². The van der Waals surface area contributed by atoms with Crippen molar-refractivity contribution in [3.8, 4) is 0 Å². The number of nitrogens with zero attached hydrogens (tertiary/aromatic N) is 1. The maximum absolute atomic E-state index is 12.2. The van der Waals surface area contributed by atoms with E-state index in [9.17, 15) is 4.79 Å². The highest BCUT2D eigenvalue weighted by Crippen LogP contribution is 2.32. The number of amides is 1. The van der Waals surface area contributed by atoms with E-state index in [0.717, 1.165) is 21.2 Å². The normalized spacial score (nSPS) is 16.7. The molecule has 0 radical (unpaired) electrons. The second-order valence-corrected chi connectivity index (χ2v) is 8.58. The van der Waals surface area contributed by atoms with Crippen LogP contribution >= 0.6 is 35.1 Å². The van der Waals surface area contributed by atoms with Gasteiger partial charge in [0.1, 0.15) is 5.76 Å². The van der Waals surface area contributed by atoms with Gasteiger partial charge in [-0.2, -0.15) is 0 Å². The summed E-state index contributed by atoms with van der Waals surface area (Å²) in [5, 5.41) is 4.79. The summed E-state index contributed by atoms with van der Waals surface area (Å²) in [6.07, 6.45) is 1.73. The number of nitrogens with one attached hydrogen (secondary N) is 1. The fraction of sp³-hybridized carbons (Fsp3) is 0.0476. The highest BCUT2D eigenvalue weighted by Gasteiger charge is 2.24. The summed E-state index contributed by atoms with van der Waals surface area (Å²) < 4.78 is 5.82. The van der Waals surface area contributed by atoms with Crippen molar-refractivity contribution in [2.45, 2.75) is 16.9 Å². The van der Waals surface area contributed by atoms with E-state index in [2.05, 4.69) is 10.3 Å². The molecular weight excluding hydrogens is 412 g/mol. The predicted molar refractivity (Wildman–Crippen MR) is 116 cm³/mol. The van der Waals surface area contributed by atoms with Crippen molar-refractivity contribution in [1.82, 2.24) is 5.32 Å².